The lowest BCUT2D eigenvalue weighted by molar-refractivity contribution is -0.146. The molecule has 7 nitrogen and oxygen atoms in total. The van der Waals surface area contributed by atoms with E-state index >= 15 is 0 Å². The highest BCUT2D eigenvalue weighted by molar-refractivity contribution is 5.93. The number of carbonyl (C=O) groups is 3. The summed E-state index contributed by atoms with van der Waals surface area (Å²) < 4.78 is 0. The molecule has 3 N–H and O–H groups in total. The molecule has 0 bridgehead atoms. The van der Waals surface area contributed by atoms with Gasteiger partial charge in [0.2, 0.25) is 17.7 Å². The Labute approximate surface area is 265 Å². The van der Waals surface area contributed by atoms with Crippen molar-refractivity contribution in [2.75, 3.05) is 18.8 Å². The van der Waals surface area contributed by atoms with E-state index in [0.29, 0.717) is 38.2 Å². The maximum absolute atomic E-state index is 14.5. The third-order valence-electron chi connectivity index (χ3n) is 9.42. The van der Waals surface area contributed by atoms with Crippen LogP contribution in [0.15, 0.2) is 115 Å². The Morgan fingerprint density at radius 3 is 1.71 bits per heavy atom. The number of hydrogen-bond donors (Lipinski definition) is 2. The molecule has 0 aliphatic carbocycles. The number of rotatable bonds is 9. The van der Waals surface area contributed by atoms with Crippen molar-refractivity contribution in [3.8, 4) is 0 Å². The van der Waals surface area contributed by atoms with Crippen LogP contribution in [0.3, 0.4) is 0 Å². The van der Waals surface area contributed by atoms with Gasteiger partial charge < -0.3 is 20.9 Å². The SMILES string of the molecule is Nc1ccccc1CNC(=O)[C@H]1CCCN1C(=O)[C@@H]1CCCN1C(=O)CC(c1ccccc1)(c1ccccc1)c1ccccc1. The average Bonchev–Trinajstić information content (AvgIpc) is 3.79. The molecule has 6 rings (SSSR count). The summed E-state index contributed by atoms with van der Waals surface area (Å²) in [5, 5.41) is 2.98. The first-order chi connectivity index (χ1) is 22.0. The molecular weight excluding hydrogens is 560 g/mol. The van der Waals surface area contributed by atoms with Crippen molar-refractivity contribution >= 4 is 23.4 Å². The van der Waals surface area contributed by atoms with Crippen molar-refractivity contribution in [3.05, 3.63) is 138 Å². The fourth-order valence-electron chi connectivity index (χ4n) is 7.11. The fourth-order valence-corrected chi connectivity index (χ4v) is 7.11. The van der Waals surface area contributed by atoms with E-state index in [1.165, 1.54) is 0 Å². The van der Waals surface area contributed by atoms with E-state index in [1.807, 2.05) is 72.8 Å². The van der Waals surface area contributed by atoms with Crippen molar-refractivity contribution in [1.82, 2.24) is 15.1 Å². The zero-order valence-corrected chi connectivity index (χ0v) is 25.5. The summed E-state index contributed by atoms with van der Waals surface area (Å²) in [6.45, 7) is 1.32. The maximum atomic E-state index is 14.5. The number of hydrogen-bond acceptors (Lipinski definition) is 4. The van der Waals surface area contributed by atoms with Gasteiger partial charge in [-0.2, -0.15) is 0 Å². The number of carbonyl (C=O) groups excluding carboxylic acids is 3. The summed E-state index contributed by atoms with van der Waals surface area (Å²) >= 11 is 0. The van der Waals surface area contributed by atoms with Gasteiger partial charge in [0.05, 0.1) is 5.41 Å². The van der Waals surface area contributed by atoms with E-state index in [4.69, 9.17) is 5.73 Å². The lowest BCUT2D eigenvalue weighted by Gasteiger charge is -2.38. The van der Waals surface area contributed by atoms with Gasteiger partial charge in [0.25, 0.3) is 0 Å². The zero-order chi connectivity index (χ0) is 31.2. The number of nitrogens with one attached hydrogen (secondary N) is 1. The van der Waals surface area contributed by atoms with Gasteiger partial charge in [-0.05, 0) is 54.0 Å². The third kappa shape index (κ3) is 6.07. The molecular formula is C38H40N4O3. The molecule has 4 aromatic rings. The van der Waals surface area contributed by atoms with Crippen LogP contribution in [0.25, 0.3) is 0 Å². The minimum absolute atomic E-state index is 0.0674. The second-order valence-corrected chi connectivity index (χ2v) is 12.0. The van der Waals surface area contributed by atoms with E-state index in [0.717, 1.165) is 35.1 Å². The first-order valence-corrected chi connectivity index (χ1v) is 15.9. The van der Waals surface area contributed by atoms with Gasteiger partial charge in [-0.15, -0.1) is 0 Å². The van der Waals surface area contributed by atoms with E-state index in [1.54, 1.807) is 15.9 Å². The number of nitrogens with zero attached hydrogens (tertiary/aromatic N) is 2. The molecule has 2 fully saturated rings. The largest absolute Gasteiger partial charge is 0.398 e. The van der Waals surface area contributed by atoms with Gasteiger partial charge in [-0.1, -0.05) is 109 Å². The highest BCUT2D eigenvalue weighted by Crippen LogP contribution is 2.43. The number of nitrogen functional groups attached to an aromatic ring is 1. The van der Waals surface area contributed by atoms with Crippen LogP contribution in [0, 0.1) is 0 Å². The molecule has 4 aromatic carbocycles. The Morgan fingerprint density at radius 1 is 0.667 bits per heavy atom. The van der Waals surface area contributed by atoms with Crippen LogP contribution in [0.2, 0.25) is 0 Å². The average molecular weight is 601 g/mol. The predicted octanol–water partition coefficient (Wildman–Crippen LogP) is 5.29. The number of benzene rings is 4. The number of amides is 3. The molecule has 2 aliphatic heterocycles. The predicted molar refractivity (Wildman–Crippen MR) is 176 cm³/mol. The Morgan fingerprint density at radius 2 is 1.16 bits per heavy atom. The van der Waals surface area contributed by atoms with Crippen LogP contribution in [0.4, 0.5) is 5.69 Å². The summed E-state index contributed by atoms with van der Waals surface area (Å²) in [5.74, 6) is -0.388. The molecule has 2 heterocycles. The van der Waals surface area contributed by atoms with Crippen LogP contribution in [-0.4, -0.2) is 52.7 Å². The maximum Gasteiger partial charge on any atom is 0.246 e. The van der Waals surface area contributed by atoms with Crippen molar-refractivity contribution in [1.29, 1.82) is 0 Å². The quantitative estimate of drug-likeness (QED) is 0.202. The second-order valence-electron chi connectivity index (χ2n) is 12.0. The van der Waals surface area contributed by atoms with Gasteiger partial charge in [-0.3, -0.25) is 14.4 Å². The molecule has 0 saturated carbocycles. The van der Waals surface area contributed by atoms with Crippen molar-refractivity contribution < 1.29 is 14.4 Å². The Bertz CT molecular complexity index is 1530. The van der Waals surface area contributed by atoms with E-state index in [9.17, 15) is 14.4 Å². The molecule has 45 heavy (non-hydrogen) atoms. The summed E-state index contributed by atoms with van der Waals surface area (Å²) in [4.78, 5) is 45.4. The highest BCUT2D eigenvalue weighted by atomic mass is 16.2. The number of anilines is 1. The monoisotopic (exact) mass is 600 g/mol. The van der Waals surface area contributed by atoms with Gasteiger partial charge in [0.1, 0.15) is 12.1 Å². The standard InChI is InChI=1S/C38H40N4O3/c39-32-21-11-10-14-28(32)27-40-36(44)33-22-12-25-42(33)37(45)34-23-13-24-41(34)35(43)26-38(29-15-4-1-5-16-29,30-17-6-2-7-18-30)31-19-8-3-9-20-31/h1-11,14-21,33-34H,12-13,22-27,39H2,(H,40,44)/t33-,34+/m1/s1. The normalized spacial score (nSPS) is 18.1. The van der Waals surface area contributed by atoms with E-state index in [2.05, 4.69) is 41.7 Å². The highest BCUT2D eigenvalue weighted by Gasteiger charge is 2.45. The third-order valence-corrected chi connectivity index (χ3v) is 9.42. The van der Waals surface area contributed by atoms with Crippen molar-refractivity contribution in [2.45, 2.75) is 56.1 Å². The number of para-hydroxylation sites is 1. The molecule has 3 amide bonds. The smallest absolute Gasteiger partial charge is 0.246 e. The molecule has 2 aliphatic rings. The Balaban J connectivity index is 1.25. The van der Waals surface area contributed by atoms with E-state index in [-0.39, 0.29) is 24.1 Å². The van der Waals surface area contributed by atoms with Crippen LogP contribution < -0.4 is 11.1 Å². The Kier molecular flexibility index (Phi) is 8.96. The topological polar surface area (TPSA) is 95.7 Å². The van der Waals surface area contributed by atoms with Crippen LogP contribution in [-0.2, 0) is 26.3 Å². The molecule has 0 spiro atoms. The zero-order valence-electron chi connectivity index (χ0n) is 25.5. The molecule has 2 atom stereocenters. The van der Waals surface area contributed by atoms with Gasteiger partial charge in [-0.25, -0.2) is 0 Å². The lowest BCUT2D eigenvalue weighted by Crippen LogP contribution is -2.53. The molecule has 0 unspecified atom stereocenters. The number of nitrogens with two attached hydrogens (primary N) is 1. The van der Waals surface area contributed by atoms with Gasteiger partial charge in [0.15, 0.2) is 0 Å². The Hall–Kier alpha value is -4.91. The molecule has 230 valence electrons. The first kappa shape index (κ1) is 30.1. The molecule has 0 aromatic heterocycles. The molecule has 2 saturated heterocycles. The summed E-state index contributed by atoms with van der Waals surface area (Å²) in [6, 6.07) is 36.8. The van der Waals surface area contributed by atoms with Crippen molar-refractivity contribution in [2.24, 2.45) is 0 Å². The number of likely N-dealkylation sites (tertiary alicyclic amines) is 2. The van der Waals surface area contributed by atoms with Crippen LogP contribution >= 0.6 is 0 Å². The van der Waals surface area contributed by atoms with Crippen molar-refractivity contribution in [3.63, 3.8) is 0 Å². The van der Waals surface area contributed by atoms with Gasteiger partial charge >= 0.3 is 0 Å². The first-order valence-electron chi connectivity index (χ1n) is 15.9. The fraction of sp³-hybridized carbons (Fsp3) is 0.289. The summed E-state index contributed by atoms with van der Waals surface area (Å²) in [6.07, 6.45) is 2.86. The molecule has 7 heteroatoms. The van der Waals surface area contributed by atoms with Crippen LogP contribution in [0.5, 0.6) is 0 Å². The summed E-state index contributed by atoms with van der Waals surface area (Å²) in [5.41, 5.74) is 9.85. The minimum Gasteiger partial charge on any atom is -0.398 e. The summed E-state index contributed by atoms with van der Waals surface area (Å²) in [7, 11) is 0. The second kappa shape index (κ2) is 13.4. The lowest BCUT2D eigenvalue weighted by atomic mass is 9.67. The van der Waals surface area contributed by atoms with E-state index < -0.39 is 17.5 Å². The van der Waals surface area contributed by atoms with Crippen LogP contribution in [0.1, 0.15) is 54.4 Å². The molecule has 0 radical (unpaired) electrons. The minimum atomic E-state index is -0.744. The van der Waals surface area contributed by atoms with Gasteiger partial charge in [0, 0.05) is 31.7 Å².